The van der Waals surface area contributed by atoms with E-state index in [2.05, 4.69) is 5.16 Å². The van der Waals surface area contributed by atoms with E-state index in [1.54, 1.807) is 0 Å². The van der Waals surface area contributed by atoms with Crippen LogP contribution in [0.5, 0.6) is 0 Å². The van der Waals surface area contributed by atoms with E-state index < -0.39 is 11.6 Å². The number of benzene rings is 2. The molecule has 2 rings (SSSR count). The highest BCUT2D eigenvalue weighted by atomic mass is 32.2. The Labute approximate surface area is 125 Å². The lowest BCUT2D eigenvalue weighted by molar-refractivity contribution is 0.316. The SMILES string of the molecule is NC(=NO)C(CSc1ccc(F)cc1F)c1ccccc1. The summed E-state index contributed by atoms with van der Waals surface area (Å²) in [6.07, 6.45) is 0. The van der Waals surface area contributed by atoms with Gasteiger partial charge in [0.15, 0.2) is 0 Å². The molecule has 0 aliphatic rings. The number of nitrogens with zero attached hydrogens (tertiary/aromatic N) is 1. The van der Waals surface area contributed by atoms with Crippen LogP contribution in [0.25, 0.3) is 0 Å². The lowest BCUT2D eigenvalue weighted by Crippen LogP contribution is -2.23. The second kappa shape index (κ2) is 7.08. The van der Waals surface area contributed by atoms with E-state index in [1.165, 1.54) is 23.9 Å². The summed E-state index contributed by atoms with van der Waals surface area (Å²) in [6.45, 7) is 0. The van der Waals surface area contributed by atoms with Crippen LogP contribution in [-0.4, -0.2) is 16.8 Å². The van der Waals surface area contributed by atoms with Crippen LogP contribution in [0.2, 0.25) is 0 Å². The third-order valence-corrected chi connectivity index (χ3v) is 4.12. The van der Waals surface area contributed by atoms with Crippen LogP contribution >= 0.6 is 11.8 Å². The molecule has 2 aromatic rings. The zero-order valence-corrected chi connectivity index (χ0v) is 11.9. The molecule has 0 aliphatic carbocycles. The Morgan fingerprint density at radius 1 is 1.19 bits per heavy atom. The van der Waals surface area contributed by atoms with Gasteiger partial charge in [-0.2, -0.15) is 0 Å². The summed E-state index contributed by atoms with van der Waals surface area (Å²) in [6, 6.07) is 12.7. The van der Waals surface area contributed by atoms with Gasteiger partial charge in [0.1, 0.15) is 17.5 Å². The standard InChI is InChI=1S/C15H14F2N2OS/c16-11-6-7-14(13(17)8-11)21-9-12(15(18)19-20)10-4-2-1-3-5-10/h1-8,12,20H,9H2,(H2,18,19). The molecule has 0 spiro atoms. The minimum absolute atomic E-state index is 0.0521. The summed E-state index contributed by atoms with van der Waals surface area (Å²) >= 11 is 1.19. The predicted molar refractivity (Wildman–Crippen MR) is 79.7 cm³/mol. The normalized spacial score (nSPS) is 13.1. The summed E-state index contributed by atoms with van der Waals surface area (Å²) in [5.74, 6) is -1.16. The lowest BCUT2D eigenvalue weighted by atomic mass is 10.0. The largest absolute Gasteiger partial charge is 0.409 e. The van der Waals surface area contributed by atoms with Crippen molar-refractivity contribution in [2.24, 2.45) is 10.9 Å². The summed E-state index contributed by atoms with van der Waals surface area (Å²) in [7, 11) is 0. The molecule has 0 aromatic heterocycles. The molecule has 3 nitrogen and oxygen atoms in total. The van der Waals surface area contributed by atoms with Crippen molar-refractivity contribution in [1.29, 1.82) is 0 Å². The predicted octanol–water partition coefficient (Wildman–Crippen LogP) is 3.59. The molecule has 0 saturated heterocycles. The van der Waals surface area contributed by atoms with Crippen molar-refractivity contribution in [3.05, 3.63) is 65.7 Å². The molecule has 1 atom stereocenters. The van der Waals surface area contributed by atoms with Gasteiger partial charge in [0.2, 0.25) is 0 Å². The molecule has 0 aliphatic heterocycles. The molecular formula is C15H14F2N2OS. The Balaban J connectivity index is 2.17. The van der Waals surface area contributed by atoms with Gasteiger partial charge in [-0.1, -0.05) is 35.5 Å². The summed E-state index contributed by atoms with van der Waals surface area (Å²) in [4.78, 5) is 0.322. The maximum Gasteiger partial charge on any atom is 0.147 e. The van der Waals surface area contributed by atoms with E-state index in [0.717, 1.165) is 11.6 Å². The lowest BCUT2D eigenvalue weighted by Gasteiger charge is -2.15. The highest BCUT2D eigenvalue weighted by molar-refractivity contribution is 7.99. The Bertz CT molecular complexity index is 635. The van der Waals surface area contributed by atoms with Crippen LogP contribution in [0.1, 0.15) is 11.5 Å². The van der Waals surface area contributed by atoms with Gasteiger partial charge >= 0.3 is 0 Å². The number of amidine groups is 1. The molecule has 0 radical (unpaired) electrons. The maximum atomic E-state index is 13.6. The Kier molecular flexibility index (Phi) is 5.16. The highest BCUT2D eigenvalue weighted by Gasteiger charge is 2.18. The van der Waals surface area contributed by atoms with Crippen molar-refractivity contribution in [3.63, 3.8) is 0 Å². The zero-order chi connectivity index (χ0) is 15.2. The molecule has 110 valence electrons. The van der Waals surface area contributed by atoms with Gasteiger partial charge < -0.3 is 10.9 Å². The average Bonchev–Trinajstić information content (AvgIpc) is 2.50. The fraction of sp³-hybridized carbons (Fsp3) is 0.133. The summed E-state index contributed by atoms with van der Waals surface area (Å²) in [5, 5.41) is 11.9. The van der Waals surface area contributed by atoms with E-state index in [4.69, 9.17) is 10.9 Å². The molecule has 0 bridgehead atoms. The topological polar surface area (TPSA) is 58.6 Å². The number of thioether (sulfide) groups is 1. The van der Waals surface area contributed by atoms with Gasteiger partial charge in [-0.25, -0.2) is 8.78 Å². The Morgan fingerprint density at radius 2 is 1.90 bits per heavy atom. The van der Waals surface area contributed by atoms with Gasteiger partial charge in [-0.3, -0.25) is 0 Å². The van der Waals surface area contributed by atoms with Crippen LogP contribution < -0.4 is 5.73 Å². The van der Waals surface area contributed by atoms with Crippen molar-refractivity contribution < 1.29 is 14.0 Å². The molecule has 0 amide bonds. The van der Waals surface area contributed by atoms with Crippen LogP contribution in [0, 0.1) is 11.6 Å². The second-order valence-electron chi connectivity index (χ2n) is 4.37. The van der Waals surface area contributed by atoms with Gasteiger partial charge in [0.25, 0.3) is 0 Å². The Hall–Kier alpha value is -2.08. The van der Waals surface area contributed by atoms with E-state index in [-0.39, 0.29) is 11.8 Å². The molecule has 0 saturated carbocycles. The quantitative estimate of drug-likeness (QED) is 0.292. The first-order chi connectivity index (χ1) is 10.1. The number of oxime groups is 1. The number of halogens is 2. The third-order valence-electron chi connectivity index (χ3n) is 2.97. The first-order valence-corrected chi connectivity index (χ1v) is 7.20. The summed E-state index contributed by atoms with van der Waals surface area (Å²) in [5.41, 5.74) is 6.57. The second-order valence-corrected chi connectivity index (χ2v) is 5.44. The van der Waals surface area contributed by atoms with Crippen molar-refractivity contribution >= 4 is 17.6 Å². The minimum atomic E-state index is -0.619. The van der Waals surface area contributed by atoms with Gasteiger partial charge in [0, 0.05) is 16.7 Å². The van der Waals surface area contributed by atoms with Crippen molar-refractivity contribution in [3.8, 4) is 0 Å². The number of rotatable bonds is 5. The molecular weight excluding hydrogens is 294 g/mol. The first-order valence-electron chi connectivity index (χ1n) is 6.22. The van der Waals surface area contributed by atoms with Crippen LogP contribution in [0.15, 0.2) is 58.6 Å². The van der Waals surface area contributed by atoms with Crippen molar-refractivity contribution in [1.82, 2.24) is 0 Å². The Morgan fingerprint density at radius 3 is 2.52 bits per heavy atom. The summed E-state index contributed by atoms with van der Waals surface area (Å²) < 4.78 is 26.5. The van der Waals surface area contributed by atoms with Gasteiger partial charge in [-0.05, 0) is 17.7 Å². The van der Waals surface area contributed by atoms with Crippen LogP contribution in [-0.2, 0) is 0 Å². The molecule has 21 heavy (non-hydrogen) atoms. The molecule has 3 N–H and O–H groups in total. The molecule has 2 aromatic carbocycles. The highest BCUT2D eigenvalue weighted by Crippen LogP contribution is 2.28. The minimum Gasteiger partial charge on any atom is -0.409 e. The molecule has 0 heterocycles. The average molecular weight is 308 g/mol. The molecule has 6 heteroatoms. The van der Waals surface area contributed by atoms with E-state index in [1.807, 2.05) is 30.3 Å². The smallest absolute Gasteiger partial charge is 0.147 e. The number of hydrogen-bond acceptors (Lipinski definition) is 3. The number of hydrogen-bond donors (Lipinski definition) is 2. The fourth-order valence-electron chi connectivity index (χ4n) is 1.87. The maximum absolute atomic E-state index is 13.6. The molecule has 1 unspecified atom stereocenters. The van der Waals surface area contributed by atoms with Gasteiger partial charge in [-0.15, -0.1) is 11.8 Å². The van der Waals surface area contributed by atoms with E-state index in [0.29, 0.717) is 10.6 Å². The first kappa shape index (κ1) is 15.3. The van der Waals surface area contributed by atoms with Crippen molar-refractivity contribution in [2.75, 3.05) is 5.75 Å². The van der Waals surface area contributed by atoms with Gasteiger partial charge in [0.05, 0.1) is 5.92 Å². The fourth-order valence-corrected chi connectivity index (χ4v) is 2.94. The third kappa shape index (κ3) is 3.95. The van der Waals surface area contributed by atoms with E-state index in [9.17, 15) is 8.78 Å². The monoisotopic (exact) mass is 308 g/mol. The van der Waals surface area contributed by atoms with Crippen LogP contribution in [0.4, 0.5) is 8.78 Å². The van der Waals surface area contributed by atoms with Crippen LogP contribution in [0.3, 0.4) is 0 Å². The zero-order valence-electron chi connectivity index (χ0n) is 11.0. The molecule has 0 fully saturated rings. The van der Waals surface area contributed by atoms with E-state index >= 15 is 0 Å². The number of nitrogens with two attached hydrogens (primary N) is 1. The van der Waals surface area contributed by atoms with Crippen molar-refractivity contribution in [2.45, 2.75) is 10.8 Å².